The van der Waals surface area contributed by atoms with Crippen molar-refractivity contribution in [2.45, 2.75) is 77.1 Å². The second-order valence-electron chi connectivity index (χ2n) is 13.3. The van der Waals surface area contributed by atoms with Crippen molar-refractivity contribution in [3.8, 4) is 0 Å². The lowest BCUT2D eigenvalue weighted by atomic mass is 9.90. The number of thioether (sulfide) groups is 1. The molecule has 47 heavy (non-hydrogen) atoms. The molecule has 0 spiro atoms. The van der Waals surface area contributed by atoms with Crippen molar-refractivity contribution >= 4 is 52.4 Å². The van der Waals surface area contributed by atoms with Gasteiger partial charge in [0.1, 0.15) is 5.60 Å². The maximum atomic E-state index is 13.1. The van der Waals surface area contributed by atoms with E-state index in [0.717, 1.165) is 66.9 Å². The van der Waals surface area contributed by atoms with Crippen molar-refractivity contribution in [1.82, 2.24) is 9.88 Å². The van der Waals surface area contributed by atoms with Crippen molar-refractivity contribution < 1.29 is 9.53 Å². The van der Waals surface area contributed by atoms with Crippen LogP contribution in [0.4, 0.5) is 0 Å². The monoisotopic (exact) mass is 668 g/mol. The number of nitrogens with zero attached hydrogens (tertiary/aromatic N) is 2. The lowest BCUT2D eigenvalue weighted by molar-refractivity contribution is -0.158. The molecule has 0 saturated heterocycles. The Morgan fingerprint density at radius 1 is 1.00 bits per heavy atom. The van der Waals surface area contributed by atoms with E-state index in [9.17, 15) is 4.79 Å². The highest BCUT2D eigenvalue weighted by Gasteiger charge is 2.29. The first kappa shape index (κ1) is 35.2. The summed E-state index contributed by atoms with van der Waals surface area (Å²) in [5.41, 5.74) is 5.97. The van der Waals surface area contributed by atoms with Gasteiger partial charge in [0.25, 0.3) is 0 Å². The van der Waals surface area contributed by atoms with Gasteiger partial charge in [-0.1, -0.05) is 92.2 Å². The van der Waals surface area contributed by atoms with Crippen LogP contribution in [0, 0.1) is 5.92 Å². The number of rotatable bonds is 17. The van der Waals surface area contributed by atoms with Crippen LogP contribution in [0.2, 0.25) is 5.02 Å². The van der Waals surface area contributed by atoms with Crippen LogP contribution in [-0.4, -0.2) is 41.2 Å². The van der Waals surface area contributed by atoms with Crippen LogP contribution in [0.5, 0.6) is 0 Å². The van der Waals surface area contributed by atoms with Gasteiger partial charge in [0.05, 0.1) is 17.8 Å². The van der Waals surface area contributed by atoms with Gasteiger partial charge in [0.15, 0.2) is 0 Å². The molecule has 4 nitrogen and oxygen atoms in total. The molecule has 248 valence electrons. The van der Waals surface area contributed by atoms with Crippen molar-refractivity contribution in [2.75, 3.05) is 25.4 Å². The predicted octanol–water partition coefficient (Wildman–Crippen LogP) is 10.8. The first-order chi connectivity index (χ1) is 22.7. The van der Waals surface area contributed by atoms with E-state index in [0.29, 0.717) is 16.8 Å². The maximum Gasteiger partial charge on any atom is 0.321 e. The van der Waals surface area contributed by atoms with Gasteiger partial charge in [0.2, 0.25) is 0 Å². The Bertz CT molecular complexity index is 1660. The second kappa shape index (κ2) is 16.8. The van der Waals surface area contributed by atoms with Crippen molar-refractivity contribution in [1.29, 1.82) is 0 Å². The Balaban J connectivity index is 1.29. The first-order valence-electron chi connectivity index (χ1n) is 17.2. The first-order valence-corrected chi connectivity index (χ1v) is 18.6. The molecule has 1 atom stereocenters. The van der Waals surface area contributed by atoms with E-state index in [1.165, 1.54) is 35.3 Å². The highest BCUT2D eigenvalue weighted by atomic mass is 35.5. The smallest absolute Gasteiger partial charge is 0.321 e. The number of fused-ring (bicyclic) bond motifs is 1. The summed E-state index contributed by atoms with van der Waals surface area (Å²) in [7, 11) is 0. The maximum absolute atomic E-state index is 13.1. The number of esters is 1. The van der Waals surface area contributed by atoms with Gasteiger partial charge in [-0.3, -0.25) is 9.69 Å². The van der Waals surface area contributed by atoms with Crippen molar-refractivity contribution in [3.05, 3.63) is 112 Å². The molecule has 5 rings (SSSR count). The van der Waals surface area contributed by atoms with Gasteiger partial charge in [-0.2, -0.15) is 11.8 Å². The van der Waals surface area contributed by atoms with Crippen LogP contribution < -0.4 is 0 Å². The Morgan fingerprint density at radius 2 is 1.77 bits per heavy atom. The number of aromatic nitrogens is 1. The summed E-state index contributed by atoms with van der Waals surface area (Å²) in [5, 5.41) is 2.15. The average Bonchev–Trinajstić information content (AvgIpc) is 3.88. The molecule has 0 amide bonds. The molecule has 1 aromatic heterocycles. The predicted molar refractivity (Wildman–Crippen MR) is 201 cm³/mol. The molecule has 4 aromatic rings. The van der Waals surface area contributed by atoms with E-state index < -0.39 is 5.60 Å². The molecular formula is C41H49ClN2O2S. The molecule has 6 heteroatoms. The summed E-state index contributed by atoms with van der Waals surface area (Å²) >= 11 is 8.30. The van der Waals surface area contributed by atoms with Gasteiger partial charge >= 0.3 is 5.97 Å². The van der Waals surface area contributed by atoms with Gasteiger partial charge in [-0.05, 0) is 124 Å². The zero-order valence-electron chi connectivity index (χ0n) is 28.4. The average molecular weight is 669 g/mol. The number of hydrogen-bond acceptors (Lipinski definition) is 5. The third-order valence-electron chi connectivity index (χ3n) is 8.78. The van der Waals surface area contributed by atoms with Gasteiger partial charge in [0, 0.05) is 15.7 Å². The van der Waals surface area contributed by atoms with E-state index in [1.54, 1.807) is 0 Å². The molecule has 1 aliphatic carbocycles. The number of aryl methyl sites for hydroxylation is 1. The second-order valence-corrected chi connectivity index (χ2v) is 15.0. The lowest BCUT2D eigenvalue weighted by Gasteiger charge is -2.30. The Labute approximate surface area is 291 Å². The van der Waals surface area contributed by atoms with Crippen molar-refractivity contribution in [2.24, 2.45) is 5.92 Å². The van der Waals surface area contributed by atoms with Gasteiger partial charge in [-0.15, -0.1) is 0 Å². The van der Waals surface area contributed by atoms with E-state index in [4.69, 9.17) is 21.3 Å². The molecule has 1 aliphatic rings. The molecule has 0 unspecified atom stereocenters. The van der Waals surface area contributed by atoms with Gasteiger partial charge < -0.3 is 4.74 Å². The summed E-state index contributed by atoms with van der Waals surface area (Å²) in [6, 6.07) is 27.4. The van der Waals surface area contributed by atoms with Crippen LogP contribution in [0.15, 0.2) is 78.9 Å². The number of carbonyl (C=O) groups excluding carboxylic acids is 1. The molecule has 1 fully saturated rings. The van der Waals surface area contributed by atoms with E-state index in [1.807, 2.05) is 38.1 Å². The topological polar surface area (TPSA) is 42.4 Å². The van der Waals surface area contributed by atoms with E-state index >= 15 is 0 Å². The molecule has 1 heterocycles. The Morgan fingerprint density at radius 3 is 2.53 bits per heavy atom. The fourth-order valence-electron chi connectivity index (χ4n) is 6.20. The molecule has 0 bridgehead atoms. The number of carbonyl (C=O) groups is 1. The number of ether oxygens (including phenoxy) is 1. The summed E-state index contributed by atoms with van der Waals surface area (Å²) in [4.78, 5) is 20.1. The van der Waals surface area contributed by atoms with E-state index in [2.05, 4.69) is 97.3 Å². The summed E-state index contributed by atoms with van der Waals surface area (Å²) in [6.45, 7) is 10.5. The zero-order valence-corrected chi connectivity index (χ0v) is 30.0. The normalized spacial score (nSPS) is 14.3. The standard InChI is InChI=1S/C41H49ClN2O2S/c1-5-24-44(25-6-2)28-40(45)46-41(3,4)37-13-8-7-11-32(37)19-23-39(47-29-31-14-15-31)34-12-9-10-30(26-34)16-21-36-22-18-33-17-20-35(42)27-38(33)43-36/h7-13,16-18,20-22,26-27,31,39H,5-6,14-15,19,23-25,28-29H2,1-4H3/b21-16+/t39-/m1/s1. The number of hydrogen-bond donors (Lipinski definition) is 0. The van der Waals surface area contributed by atoms with Crippen LogP contribution >= 0.6 is 23.4 Å². The molecular weight excluding hydrogens is 620 g/mol. The highest BCUT2D eigenvalue weighted by molar-refractivity contribution is 7.99. The summed E-state index contributed by atoms with van der Waals surface area (Å²) < 4.78 is 6.17. The zero-order chi connectivity index (χ0) is 33.2. The third-order valence-corrected chi connectivity index (χ3v) is 10.6. The number of benzene rings is 3. The van der Waals surface area contributed by atoms with Crippen LogP contribution in [0.25, 0.3) is 23.1 Å². The van der Waals surface area contributed by atoms with Crippen molar-refractivity contribution in [3.63, 3.8) is 0 Å². The SMILES string of the molecule is CCCN(CCC)CC(=O)OC(C)(C)c1ccccc1CC[C@@H](SCC1CC1)c1cccc(/C=C/c2ccc3ccc(Cl)cc3n2)c1. The van der Waals surface area contributed by atoms with E-state index in [-0.39, 0.29) is 5.97 Å². The summed E-state index contributed by atoms with van der Waals surface area (Å²) in [5.74, 6) is 1.89. The Kier molecular flexibility index (Phi) is 12.6. The largest absolute Gasteiger partial charge is 0.454 e. The minimum Gasteiger partial charge on any atom is -0.454 e. The lowest BCUT2D eigenvalue weighted by Crippen LogP contribution is -2.36. The highest BCUT2D eigenvalue weighted by Crippen LogP contribution is 2.41. The van der Waals surface area contributed by atoms with Crippen LogP contribution in [-0.2, 0) is 21.6 Å². The van der Waals surface area contributed by atoms with Crippen LogP contribution in [0.3, 0.4) is 0 Å². The number of halogens is 1. The van der Waals surface area contributed by atoms with Crippen LogP contribution in [0.1, 0.15) is 93.0 Å². The fourth-order valence-corrected chi connectivity index (χ4v) is 7.82. The fraction of sp³-hybridized carbons (Fsp3) is 0.415. The summed E-state index contributed by atoms with van der Waals surface area (Å²) in [6.07, 6.45) is 10.9. The Hall–Kier alpha value is -3.12. The molecule has 0 aliphatic heterocycles. The molecule has 0 radical (unpaired) electrons. The minimum absolute atomic E-state index is 0.155. The molecule has 0 N–H and O–H groups in total. The minimum atomic E-state index is -0.707. The number of pyridine rings is 1. The third kappa shape index (κ3) is 10.4. The molecule has 1 saturated carbocycles. The molecule has 3 aromatic carbocycles. The van der Waals surface area contributed by atoms with Gasteiger partial charge in [-0.25, -0.2) is 4.98 Å². The quantitative estimate of drug-likeness (QED) is 0.105.